The van der Waals surface area contributed by atoms with Crippen LogP contribution in [0.5, 0.6) is 5.75 Å². The number of nitrogens with zero attached hydrogens (tertiary/aromatic N) is 5. The molecule has 29 heavy (non-hydrogen) atoms. The highest BCUT2D eigenvalue weighted by atomic mass is 32.2. The standard InChI is InChI=1S/C20H24N6O2S/c1-12(2)21-19(27)18-17(11-29-20-22-13(3)10-14(4)23-20)26(25-24-18)15-6-8-16(28-5)9-7-15/h6-10,12H,11H2,1-5H3,(H,21,27). The van der Waals surface area contributed by atoms with Crippen molar-refractivity contribution in [2.45, 2.75) is 44.6 Å². The van der Waals surface area contributed by atoms with Crippen LogP contribution in [0.4, 0.5) is 0 Å². The number of ether oxygens (including phenoxy) is 1. The minimum atomic E-state index is -0.253. The highest BCUT2D eigenvalue weighted by Crippen LogP contribution is 2.24. The Morgan fingerprint density at radius 1 is 1.17 bits per heavy atom. The highest BCUT2D eigenvalue weighted by Gasteiger charge is 2.22. The van der Waals surface area contributed by atoms with Gasteiger partial charge in [-0.2, -0.15) is 0 Å². The minimum absolute atomic E-state index is 0.00287. The van der Waals surface area contributed by atoms with Gasteiger partial charge in [-0.1, -0.05) is 17.0 Å². The van der Waals surface area contributed by atoms with Gasteiger partial charge in [0.2, 0.25) is 0 Å². The van der Waals surface area contributed by atoms with Gasteiger partial charge in [-0.15, -0.1) is 5.10 Å². The maximum atomic E-state index is 12.7. The predicted octanol–water partition coefficient (Wildman–Crippen LogP) is 3.11. The largest absolute Gasteiger partial charge is 0.497 e. The van der Waals surface area contributed by atoms with E-state index in [0.29, 0.717) is 22.3 Å². The number of aryl methyl sites for hydroxylation is 2. The summed E-state index contributed by atoms with van der Waals surface area (Å²) in [6.45, 7) is 7.68. The number of aromatic nitrogens is 5. The Bertz CT molecular complexity index is 980. The summed E-state index contributed by atoms with van der Waals surface area (Å²) in [5.41, 5.74) is 3.57. The van der Waals surface area contributed by atoms with Crippen molar-refractivity contribution in [3.63, 3.8) is 0 Å². The second kappa shape index (κ2) is 9.04. The number of carbonyl (C=O) groups is 1. The molecule has 0 unspecified atom stereocenters. The number of benzene rings is 1. The first-order valence-corrected chi connectivity index (χ1v) is 10.2. The van der Waals surface area contributed by atoms with E-state index in [2.05, 4.69) is 25.6 Å². The molecule has 1 amide bonds. The van der Waals surface area contributed by atoms with Gasteiger partial charge in [0.1, 0.15) is 5.75 Å². The number of rotatable bonds is 7. The zero-order valence-electron chi connectivity index (χ0n) is 17.1. The van der Waals surface area contributed by atoms with E-state index in [9.17, 15) is 4.79 Å². The van der Waals surface area contributed by atoms with Crippen LogP contribution in [0.25, 0.3) is 5.69 Å². The van der Waals surface area contributed by atoms with Gasteiger partial charge in [0, 0.05) is 23.2 Å². The van der Waals surface area contributed by atoms with E-state index < -0.39 is 0 Å². The molecule has 1 aromatic carbocycles. The monoisotopic (exact) mass is 412 g/mol. The quantitative estimate of drug-likeness (QED) is 0.470. The van der Waals surface area contributed by atoms with Crippen LogP contribution in [0.15, 0.2) is 35.5 Å². The van der Waals surface area contributed by atoms with Gasteiger partial charge in [-0.3, -0.25) is 4.79 Å². The number of carbonyl (C=O) groups excluding carboxylic acids is 1. The van der Waals surface area contributed by atoms with Crippen LogP contribution in [-0.2, 0) is 5.75 Å². The normalized spacial score (nSPS) is 11.0. The van der Waals surface area contributed by atoms with Gasteiger partial charge in [0.05, 0.1) is 18.5 Å². The Morgan fingerprint density at radius 2 is 1.83 bits per heavy atom. The fraction of sp³-hybridized carbons (Fsp3) is 0.350. The number of hydrogen-bond acceptors (Lipinski definition) is 7. The summed E-state index contributed by atoms with van der Waals surface area (Å²) in [4.78, 5) is 21.6. The lowest BCUT2D eigenvalue weighted by Crippen LogP contribution is -2.31. The van der Waals surface area contributed by atoms with Gasteiger partial charge >= 0.3 is 0 Å². The first kappa shape index (κ1) is 20.8. The van der Waals surface area contributed by atoms with E-state index >= 15 is 0 Å². The third-order valence-corrected chi connectivity index (χ3v) is 4.87. The Balaban J connectivity index is 1.95. The number of methoxy groups -OCH3 is 1. The minimum Gasteiger partial charge on any atom is -0.497 e. The van der Waals surface area contributed by atoms with Crippen LogP contribution < -0.4 is 10.1 Å². The Morgan fingerprint density at radius 3 is 2.41 bits per heavy atom. The topological polar surface area (TPSA) is 94.8 Å². The number of amides is 1. The molecule has 0 fully saturated rings. The molecule has 2 aromatic heterocycles. The number of hydrogen-bond donors (Lipinski definition) is 1. The van der Waals surface area contributed by atoms with Crippen molar-refractivity contribution < 1.29 is 9.53 Å². The lowest BCUT2D eigenvalue weighted by Gasteiger charge is -2.10. The molecule has 0 saturated carbocycles. The molecule has 0 saturated heterocycles. The summed E-state index contributed by atoms with van der Waals surface area (Å²) < 4.78 is 6.89. The van der Waals surface area contributed by atoms with Gasteiger partial charge in [-0.25, -0.2) is 14.6 Å². The van der Waals surface area contributed by atoms with E-state index in [1.807, 2.05) is 58.0 Å². The molecule has 0 bridgehead atoms. The van der Waals surface area contributed by atoms with Crippen molar-refractivity contribution in [3.05, 3.63) is 53.1 Å². The smallest absolute Gasteiger partial charge is 0.274 e. The van der Waals surface area contributed by atoms with Gasteiger partial charge < -0.3 is 10.1 Å². The average molecular weight is 413 g/mol. The van der Waals surface area contributed by atoms with E-state index in [-0.39, 0.29) is 11.9 Å². The van der Waals surface area contributed by atoms with E-state index in [4.69, 9.17) is 4.74 Å². The second-order valence-corrected chi connectivity index (χ2v) is 7.79. The fourth-order valence-corrected chi connectivity index (χ4v) is 3.70. The van der Waals surface area contributed by atoms with Crippen LogP contribution in [0, 0.1) is 13.8 Å². The average Bonchev–Trinajstić information content (AvgIpc) is 3.09. The van der Waals surface area contributed by atoms with Gasteiger partial charge in [0.15, 0.2) is 10.9 Å². The van der Waals surface area contributed by atoms with E-state index in [1.165, 1.54) is 11.8 Å². The summed E-state index contributed by atoms with van der Waals surface area (Å²) in [5, 5.41) is 11.9. The van der Waals surface area contributed by atoms with Crippen molar-refractivity contribution in [2.75, 3.05) is 7.11 Å². The number of thioether (sulfide) groups is 1. The molecular weight excluding hydrogens is 388 g/mol. The van der Waals surface area contributed by atoms with Crippen molar-refractivity contribution in [2.24, 2.45) is 0 Å². The molecule has 0 aliphatic carbocycles. The molecule has 8 nitrogen and oxygen atoms in total. The first-order valence-electron chi connectivity index (χ1n) is 9.22. The summed E-state index contributed by atoms with van der Waals surface area (Å²) in [6.07, 6.45) is 0. The number of nitrogens with one attached hydrogen (secondary N) is 1. The van der Waals surface area contributed by atoms with Crippen molar-refractivity contribution in [1.29, 1.82) is 0 Å². The van der Waals surface area contributed by atoms with Crippen LogP contribution in [0.2, 0.25) is 0 Å². The molecule has 0 radical (unpaired) electrons. The lowest BCUT2D eigenvalue weighted by molar-refractivity contribution is 0.0937. The Labute approximate surface area is 174 Å². The molecule has 9 heteroatoms. The van der Waals surface area contributed by atoms with E-state index in [0.717, 1.165) is 22.8 Å². The lowest BCUT2D eigenvalue weighted by atomic mass is 10.2. The molecule has 3 rings (SSSR count). The van der Waals surface area contributed by atoms with Crippen molar-refractivity contribution in [1.82, 2.24) is 30.3 Å². The molecular formula is C20H24N6O2S. The van der Waals surface area contributed by atoms with Gasteiger partial charge in [0.25, 0.3) is 5.91 Å². The first-order chi connectivity index (χ1) is 13.9. The molecule has 1 N–H and O–H groups in total. The molecule has 0 aliphatic rings. The third-order valence-electron chi connectivity index (χ3n) is 4.01. The van der Waals surface area contributed by atoms with Crippen LogP contribution >= 0.6 is 11.8 Å². The highest BCUT2D eigenvalue weighted by molar-refractivity contribution is 7.98. The molecule has 0 atom stereocenters. The Hall–Kier alpha value is -2.94. The van der Waals surface area contributed by atoms with Crippen molar-refractivity contribution >= 4 is 17.7 Å². The van der Waals surface area contributed by atoms with E-state index in [1.54, 1.807) is 11.8 Å². The van der Waals surface area contributed by atoms with Gasteiger partial charge in [-0.05, 0) is 58.0 Å². The van der Waals surface area contributed by atoms with Crippen molar-refractivity contribution in [3.8, 4) is 11.4 Å². The molecule has 152 valence electrons. The summed E-state index contributed by atoms with van der Waals surface area (Å²) in [5.74, 6) is 0.936. The second-order valence-electron chi connectivity index (χ2n) is 6.84. The van der Waals surface area contributed by atoms with Crippen LogP contribution in [-0.4, -0.2) is 44.0 Å². The maximum Gasteiger partial charge on any atom is 0.274 e. The molecule has 3 aromatic rings. The summed E-state index contributed by atoms with van der Waals surface area (Å²) in [7, 11) is 1.62. The summed E-state index contributed by atoms with van der Waals surface area (Å²) >= 11 is 1.45. The molecule has 0 spiro atoms. The zero-order chi connectivity index (χ0) is 21.0. The maximum absolute atomic E-state index is 12.7. The van der Waals surface area contributed by atoms with Crippen LogP contribution in [0.3, 0.4) is 0 Å². The molecule has 0 aliphatic heterocycles. The molecule has 2 heterocycles. The third kappa shape index (κ3) is 5.11. The SMILES string of the molecule is COc1ccc(-n2nnc(C(=O)NC(C)C)c2CSc2nc(C)cc(C)n2)cc1. The Kier molecular flexibility index (Phi) is 6.48. The predicted molar refractivity (Wildman–Crippen MR) is 112 cm³/mol. The van der Waals surface area contributed by atoms with Crippen LogP contribution in [0.1, 0.15) is 41.4 Å². The fourth-order valence-electron chi connectivity index (χ4n) is 2.76. The summed E-state index contributed by atoms with van der Waals surface area (Å²) in [6, 6.07) is 9.35. The zero-order valence-corrected chi connectivity index (χ0v) is 17.9.